The maximum Gasteiger partial charge on any atom is 0.220 e. The smallest absolute Gasteiger partial charge is 0.220 e. The van der Waals surface area contributed by atoms with Crippen molar-refractivity contribution in [3.05, 3.63) is 78.1 Å². The number of piperazine rings is 1. The number of amides is 1. The molecular formula is C24H29N5O. The van der Waals surface area contributed by atoms with Crippen LogP contribution in [0.3, 0.4) is 0 Å². The molecular weight excluding hydrogens is 374 g/mol. The number of para-hydroxylation sites is 2. The summed E-state index contributed by atoms with van der Waals surface area (Å²) in [6.45, 7) is 4.74. The number of hydrogen-bond acceptors (Lipinski definition) is 4. The predicted molar refractivity (Wildman–Crippen MR) is 120 cm³/mol. The van der Waals surface area contributed by atoms with Gasteiger partial charge in [0.15, 0.2) is 0 Å². The fourth-order valence-electron chi connectivity index (χ4n) is 3.77. The lowest BCUT2D eigenvalue weighted by Gasteiger charge is -2.35. The Bertz CT molecular complexity index is 960. The Kier molecular flexibility index (Phi) is 6.44. The van der Waals surface area contributed by atoms with Gasteiger partial charge in [0.1, 0.15) is 0 Å². The first-order chi connectivity index (χ1) is 14.7. The quantitative estimate of drug-likeness (QED) is 0.659. The number of likely N-dealkylation sites (N-methyl/N-ethyl adjacent to an activating group) is 1. The molecule has 1 amide bonds. The number of hydrogen-bond donors (Lipinski definition) is 1. The van der Waals surface area contributed by atoms with Crippen LogP contribution in [0.5, 0.6) is 0 Å². The Morgan fingerprint density at radius 1 is 1.00 bits per heavy atom. The lowest BCUT2D eigenvalue weighted by molar-refractivity contribution is -0.121. The fraction of sp³-hybridized carbons (Fsp3) is 0.333. The van der Waals surface area contributed by atoms with Gasteiger partial charge in [-0.05, 0) is 42.8 Å². The molecule has 30 heavy (non-hydrogen) atoms. The number of carbonyl (C=O) groups excluding carboxylic acids is 1. The molecule has 1 aromatic heterocycles. The van der Waals surface area contributed by atoms with E-state index in [9.17, 15) is 4.79 Å². The van der Waals surface area contributed by atoms with Crippen molar-refractivity contribution in [3.8, 4) is 5.69 Å². The van der Waals surface area contributed by atoms with Gasteiger partial charge in [-0.25, -0.2) is 4.68 Å². The van der Waals surface area contributed by atoms with E-state index >= 15 is 0 Å². The molecule has 0 saturated carbocycles. The van der Waals surface area contributed by atoms with Crippen LogP contribution in [0.4, 0.5) is 5.69 Å². The molecule has 6 nitrogen and oxygen atoms in total. The van der Waals surface area contributed by atoms with Gasteiger partial charge in [0, 0.05) is 51.0 Å². The van der Waals surface area contributed by atoms with E-state index in [4.69, 9.17) is 0 Å². The lowest BCUT2D eigenvalue weighted by atomic mass is 10.1. The first kappa shape index (κ1) is 20.2. The SMILES string of the molecule is CN1CCN(c2ccccc2CNC(=O)CCc2cnn(-c3ccccc3)c2)CC1. The van der Waals surface area contributed by atoms with Gasteiger partial charge in [-0.15, -0.1) is 0 Å². The zero-order chi connectivity index (χ0) is 20.8. The number of nitrogens with one attached hydrogen (secondary N) is 1. The number of aryl methyl sites for hydroxylation is 1. The maximum absolute atomic E-state index is 12.4. The minimum Gasteiger partial charge on any atom is -0.369 e. The predicted octanol–water partition coefficient (Wildman–Crippen LogP) is 2.87. The molecule has 0 spiro atoms. The summed E-state index contributed by atoms with van der Waals surface area (Å²) in [5.74, 6) is 0.0654. The number of aromatic nitrogens is 2. The summed E-state index contributed by atoms with van der Waals surface area (Å²) >= 11 is 0. The second-order valence-electron chi connectivity index (χ2n) is 7.82. The van der Waals surface area contributed by atoms with E-state index in [0.29, 0.717) is 19.4 Å². The van der Waals surface area contributed by atoms with Crippen LogP contribution in [0, 0.1) is 0 Å². The molecule has 1 N–H and O–H groups in total. The van der Waals surface area contributed by atoms with Gasteiger partial charge < -0.3 is 15.1 Å². The number of carbonyl (C=O) groups is 1. The van der Waals surface area contributed by atoms with Gasteiger partial charge in [-0.2, -0.15) is 5.10 Å². The third-order valence-corrected chi connectivity index (χ3v) is 5.61. The first-order valence-corrected chi connectivity index (χ1v) is 10.6. The van der Waals surface area contributed by atoms with Gasteiger partial charge in [0.25, 0.3) is 0 Å². The van der Waals surface area contributed by atoms with E-state index in [2.05, 4.69) is 45.5 Å². The zero-order valence-electron chi connectivity index (χ0n) is 17.5. The molecule has 1 saturated heterocycles. The molecule has 3 aromatic rings. The molecule has 1 aliphatic heterocycles. The molecule has 156 valence electrons. The highest BCUT2D eigenvalue weighted by molar-refractivity contribution is 5.76. The fourth-order valence-corrected chi connectivity index (χ4v) is 3.77. The number of rotatable bonds is 7. The maximum atomic E-state index is 12.4. The number of nitrogens with zero attached hydrogens (tertiary/aromatic N) is 4. The summed E-state index contributed by atoms with van der Waals surface area (Å²) in [5.41, 5.74) is 4.49. The molecule has 0 aliphatic carbocycles. The third-order valence-electron chi connectivity index (χ3n) is 5.61. The summed E-state index contributed by atoms with van der Waals surface area (Å²) in [5, 5.41) is 7.50. The molecule has 2 heterocycles. The van der Waals surface area contributed by atoms with E-state index in [1.165, 1.54) is 11.3 Å². The molecule has 0 atom stereocenters. The molecule has 0 unspecified atom stereocenters. The van der Waals surface area contributed by atoms with Gasteiger partial charge in [-0.3, -0.25) is 4.79 Å². The summed E-state index contributed by atoms with van der Waals surface area (Å²) < 4.78 is 1.85. The van der Waals surface area contributed by atoms with E-state index in [1.54, 1.807) is 0 Å². The molecule has 6 heteroatoms. The van der Waals surface area contributed by atoms with Crippen molar-refractivity contribution in [2.75, 3.05) is 38.1 Å². The Hall–Kier alpha value is -3.12. The van der Waals surface area contributed by atoms with E-state index in [0.717, 1.165) is 37.4 Å². The van der Waals surface area contributed by atoms with Crippen LogP contribution in [0.1, 0.15) is 17.5 Å². The first-order valence-electron chi connectivity index (χ1n) is 10.6. The molecule has 2 aromatic carbocycles. The van der Waals surface area contributed by atoms with Crippen molar-refractivity contribution in [1.29, 1.82) is 0 Å². The lowest BCUT2D eigenvalue weighted by Crippen LogP contribution is -2.45. The Morgan fingerprint density at radius 3 is 2.53 bits per heavy atom. The van der Waals surface area contributed by atoms with Crippen LogP contribution in [0.25, 0.3) is 5.69 Å². The second kappa shape index (κ2) is 9.59. The van der Waals surface area contributed by atoms with Crippen LogP contribution in [-0.2, 0) is 17.8 Å². The Balaban J connectivity index is 1.29. The van der Waals surface area contributed by atoms with E-state index in [1.807, 2.05) is 53.5 Å². The topological polar surface area (TPSA) is 53.4 Å². The average molecular weight is 404 g/mol. The highest BCUT2D eigenvalue weighted by Gasteiger charge is 2.17. The minimum atomic E-state index is 0.0654. The highest BCUT2D eigenvalue weighted by Crippen LogP contribution is 2.21. The Morgan fingerprint density at radius 2 is 1.73 bits per heavy atom. The van der Waals surface area contributed by atoms with E-state index in [-0.39, 0.29) is 5.91 Å². The number of benzene rings is 2. The van der Waals surface area contributed by atoms with Crippen molar-refractivity contribution < 1.29 is 4.79 Å². The molecule has 0 bridgehead atoms. The molecule has 0 radical (unpaired) electrons. The molecule has 4 rings (SSSR count). The molecule has 1 fully saturated rings. The van der Waals surface area contributed by atoms with E-state index < -0.39 is 0 Å². The standard InChI is InChI=1S/C24H29N5O/c1-27-13-15-28(16-14-27)23-10-6-5-7-21(23)18-25-24(30)12-11-20-17-26-29(19-20)22-8-3-2-4-9-22/h2-10,17,19H,11-16,18H2,1H3,(H,25,30). The van der Waals surface area contributed by atoms with Gasteiger partial charge in [-0.1, -0.05) is 36.4 Å². The van der Waals surface area contributed by atoms with Crippen LogP contribution in [0.15, 0.2) is 67.0 Å². The largest absolute Gasteiger partial charge is 0.369 e. The van der Waals surface area contributed by atoms with Crippen molar-refractivity contribution >= 4 is 11.6 Å². The summed E-state index contributed by atoms with van der Waals surface area (Å²) in [6.07, 6.45) is 4.96. The van der Waals surface area contributed by atoms with Crippen LogP contribution in [0.2, 0.25) is 0 Å². The summed E-state index contributed by atoms with van der Waals surface area (Å²) in [6, 6.07) is 18.4. The van der Waals surface area contributed by atoms with Gasteiger partial charge in [0.2, 0.25) is 5.91 Å². The average Bonchev–Trinajstić information content (AvgIpc) is 3.27. The zero-order valence-corrected chi connectivity index (χ0v) is 17.5. The highest BCUT2D eigenvalue weighted by atomic mass is 16.1. The van der Waals surface area contributed by atoms with Crippen molar-refractivity contribution in [2.24, 2.45) is 0 Å². The van der Waals surface area contributed by atoms with Gasteiger partial charge in [0.05, 0.1) is 11.9 Å². The van der Waals surface area contributed by atoms with Gasteiger partial charge >= 0.3 is 0 Å². The summed E-state index contributed by atoms with van der Waals surface area (Å²) in [7, 11) is 2.16. The number of anilines is 1. The third kappa shape index (κ3) is 5.07. The van der Waals surface area contributed by atoms with Crippen LogP contribution >= 0.6 is 0 Å². The Labute approximate surface area is 178 Å². The van der Waals surface area contributed by atoms with Crippen molar-refractivity contribution in [1.82, 2.24) is 20.0 Å². The summed E-state index contributed by atoms with van der Waals surface area (Å²) in [4.78, 5) is 17.2. The van der Waals surface area contributed by atoms with Crippen molar-refractivity contribution in [2.45, 2.75) is 19.4 Å². The molecule has 1 aliphatic rings. The van der Waals surface area contributed by atoms with Crippen LogP contribution in [-0.4, -0.2) is 53.8 Å². The van der Waals surface area contributed by atoms with Crippen LogP contribution < -0.4 is 10.2 Å². The van der Waals surface area contributed by atoms with Crippen molar-refractivity contribution in [3.63, 3.8) is 0 Å². The normalized spacial score (nSPS) is 14.6. The monoisotopic (exact) mass is 403 g/mol. The minimum absolute atomic E-state index is 0.0654. The second-order valence-corrected chi connectivity index (χ2v) is 7.82.